The molecule has 0 bridgehead atoms. The molecule has 4 rings (SSSR count). The Morgan fingerprint density at radius 1 is 1.04 bits per heavy atom. The molecule has 0 aliphatic carbocycles. The highest BCUT2D eigenvalue weighted by Gasteiger charge is 2.44. The molecular formula is C20H21N3O4S. The molecule has 0 radical (unpaired) electrons. The molecule has 146 valence electrons. The fourth-order valence-electron chi connectivity index (χ4n) is 3.58. The van der Waals surface area contributed by atoms with Crippen molar-refractivity contribution < 1.29 is 17.9 Å². The number of hydrogen-bond acceptors (Lipinski definition) is 5. The normalized spacial score (nSPS) is 19.3. The summed E-state index contributed by atoms with van der Waals surface area (Å²) in [7, 11) is -2.06. The number of nitrogens with one attached hydrogen (secondary N) is 1. The lowest BCUT2D eigenvalue weighted by Gasteiger charge is -2.36. The number of carbonyl (C=O) groups is 1. The number of hydrogen-bond donors (Lipinski definition) is 1. The Morgan fingerprint density at radius 2 is 1.68 bits per heavy atom. The third-order valence-electron chi connectivity index (χ3n) is 5.18. The van der Waals surface area contributed by atoms with Crippen LogP contribution in [0.3, 0.4) is 0 Å². The van der Waals surface area contributed by atoms with Crippen molar-refractivity contribution in [3.05, 3.63) is 60.2 Å². The average molecular weight is 399 g/mol. The van der Waals surface area contributed by atoms with E-state index in [4.69, 9.17) is 4.74 Å². The van der Waals surface area contributed by atoms with Crippen LogP contribution in [0.5, 0.6) is 5.75 Å². The minimum absolute atomic E-state index is 0.210. The predicted molar refractivity (Wildman–Crippen MR) is 105 cm³/mol. The van der Waals surface area contributed by atoms with E-state index >= 15 is 0 Å². The second kappa shape index (κ2) is 7.03. The summed E-state index contributed by atoms with van der Waals surface area (Å²) in [6.07, 6.45) is 0.870. The first-order valence-corrected chi connectivity index (χ1v) is 10.5. The quantitative estimate of drug-likeness (QED) is 0.849. The van der Waals surface area contributed by atoms with Crippen molar-refractivity contribution in [2.75, 3.05) is 20.2 Å². The highest BCUT2D eigenvalue weighted by molar-refractivity contribution is 7.89. The van der Waals surface area contributed by atoms with Gasteiger partial charge in [-0.3, -0.25) is 9.79 Å². The summed E-state index contributed by atoms with van der Waals surface area (Å²) in [5.74, 6) is 0.394. The molecule has 2 aromatic carbocycles. The Morgan fingerprint density at radius 3 is 2.29 bits per heavy atom. The highest BCUT2D eigenvalue weighted by Crippen LogP contribution is 2.31. The molecule has 0 unspecified atom stereocenters. The van der Waals surface area contributed by atoms with Crippen molar-refractivity contribution in [1.29, 1.82) is 0 Å². The van der Waals surface area contributed by atoms with Crippen molar-refractivity contribution >= 4 is 21.6 Å². The van der Waals surface area contributed by atoms with Crippen molar-refractivity contribution in [2.45, 2.75) is 23.4 Å². The molecule has 28 heavy (non-hydrogen) atoms. The van der Waals surface area contributed by atoms with Gasteiger partial charge in [0.05, 0.1) is 12.0 Å². The molecule has 7 nitrogen and oxygen atoms in total. The second-order valence-corrected chi connectivity index (χ2v) is 8.83. The minimum Gasteiger partial charge on any atom is -0.497 e. The minimum atomic E-state index is -3.60. The standard InChI is InChI=1S/C20H21N3O4S/c1-27-16-7-9-17(10-8-16)28(25,26)23-13-11-20(12-14-23)21-18(19(24)22-20)15-5-3-2-4-6-15/h2-10H,11-14H2,1H3,(H,22,24). The van der Waals surface area contributed by atoms with Crippen LogP contribution in [0.1, 0.15) is 18.4 Å². The van der Waals surface area contributed by atoms with Crippen molar-refractivity contribution in [3.8, 4) is 5.75 Å². The van der Waals surface area contributed by atoms with Gasteiger partial charge in [-0.05, 0) is 24.3 Å². The van der Waals surface area contributed by atoms with Gasteiger partial charge in [0.15, 0.2) is 0 Å². The second-order valence-electron chi connectivity index (χ2n) is 6.89. The van der Waals surface area contributed by atoms with Crippen molar-refractivity contribution in [1.82, 2.24) is 9.62 Å². The molecule has 0 aromatic heterocycles. The van der Waals surface area contributed by atoms with Crippen LogP contribution in [0.4, 0.5) is 0 Å². The number of carbonyl (C=O) groups excluding carboxylic acids is 1. The van der Waals surface area contributed by atoms with Gasteiger partial charge in [-0.25, -0.2) is 8.42 Å². The summed E-state index contributed by atoms with van der Waals surface area (Å²) in [6, 6.07) is 15.7. The van der Waals surface area contributed by atoms with E-state index in [0.29, 0.717) is 37.4 Å². The van der Waals surface area contributed by atoms with E-state index in [0.717, 1.165) is 5.56 Å². The summed E-state index contributed by atoms with van der Waals surface area (Å²) in [4.78, 5) is 17.3. The molecule has 8 heteroatoms. The third-order valence-corrected chi connectivity index (χ3v) is 7.09. The summed E-state index contributed by atoms with van der Waals surface area (Å²) >= 11 is 0. The van der Waals surface area contributed by atoms with Crippen molar-refractivity contribution in [3.63, 3.8) is 0 Å². The topological polar surface area (TPSA) is 88.1 Å². The van der Waals surface area contributed by atoms with Crippen molar-refractivity contribution in [2.24, 2.45) is 4.99 Å². The lowest BCUT2D eigenvalue weighted by Crippen LogP contribution is -2.52. The van der Waals surface area contributed by atoms with Gasteiger partial charge in [0.25, 0.3) is 5.91 Å². The fraction of sp³-hybridized carbons (Fsp3) is 0.300. The van der Waals surface area contributed by atoms with Gasteiger partial charge < -0.3 is 10.1 Å². The van der Waals surface area contributed by atoms with E-state index in [1.54, 1.807) is 24.3 Å². The Bertz CT molecular complexity index is 1010. The monoisotopic (exact) mass is 399 g/mol. The van der Waals surface area contributed by atoms with Gasteiger partial charge in [-0.15, -0.1) is 0 Å². The summed E-state index contributed by atoms with van der Waals surface area (Å²) < 4.78 is 32.3. The summed E-state index contributed by atoms with van der Waals surface area (Å²) in [5.41, 5.74) is 0.450. The van der Waals surface area contributed by atoms with Crippen LogP contribution in [0.2, 0.25) is 0 Å². The zero-order valence-corrected chi connectivity index (χ0v) is 16.3. The first-order chi connectivity index (χ1) is 13.4. The average Bonchev–Trinajstić information content (AvgIpc) is 3.04. The van der Waals surface area contributed by atoms with E-state index in [1.807, 2.05) is 30.3 Å². The zero-order chi connectivity index (χ0) is 19.8. The van der Waals surface area contributed by atoms with E-state index in [1.165, 1.54) is 11.4 Å². The molecule has 1 amide bonds. The molecule has 1 fully saturated rings. The first-order valence-electron chi connectivity index (χ1n) is 9.06. The van der Waals surface area contributed by atoms with Crippen LogP contribution in [0.15, 0.2) is 64.5 Å². The molecule has 2 aromatic rings. The van der Waals surface area contributed by atoms with Crippen LogP contribution in [0.25, 0.3) is 0 Å². The maximum absolute atomic E-state index is 12.9. The summed E-state index contributed by atoms with van der Waals surface area (Å²) in [5, 5.41) is 2.96. The molecule has 2 heterocycles. The highest BCUT2D eigenvalue weighted by atomic mass is 32.2. The number of amides is 1. The maximum atomic E-state index is 12.9. The molecule has 0 atom stereocenters. The Labute approximate surface area is 164 Å². The molecule has 1 saturated heterocycles. The van der Waals surface area contributed by atoms with E-state index < -0.39 is 15.7 Å². The first kappa shape index (κ1) is 18.6. The lowest BCUT2D eigenvalue weighted by atomic mass is 10.00. The van der Waals surface area contributed by atoms with Crippen LogP contribution in [0, 0.1) is 0 Å². The van der Waals surface area contributed by atoms with Crippen LogP contribution < -0.4 is 10.1 Å². The number of benzene rings is 2. The van der Waals surface area contributed by atoms with Crippen LogP contribution >= 0.6 is 0 Å². The molecule has 2 aliphatic rings. The molecule has 2 aliphatic heterocycles. The van der Waals surface area contributed by atoms with E-state index in [-0.39, 0.29) is 10.8 Å². The number of sulfonamides is 1. The largest absolute Gasteiger partial charge is 0.497 e. The van der Waals surface area contributed by atoms with Gasteiger partial charge in [-0.1, -0.05) is 30.3 Å². The number of nitrogens with zero attached hydrogens (tertiary/aromatic N) is 2. The summed E-state index contributed by atoms with van der Waals surface area (Å²) in [6.45, 7) is 0.584. The Kier molecular flexibility index (Phi) is 4.68. The third kappa shape index (κ3) is 3.29. The van der Waals surface area contributed by atoms with Gasteiger partial charge in [-0.2, -0.15) is 4.31 Å². The zero-order valence-electron chi connectivity index (χ0n) is 15.5. The molecule has 1 N–H and O–H groups in total. The predicted octanol–water partition coefficient (Wildman–Crippen LogP) is 1.80. The van der Waals surface area contributed by atoms with E-state index in [2.05, 4.69) is 10.3 Å². The van der Waals surface area contributed by atoms with E-state index in [9.17, 15) is 13.2 Å². The van der Waals surface area contributed by atoms with Gasteiger partial charge >= 0.3 is 0 Å². The number of piperidine rings is 1. The van der Waals surface area contributed by atoms with Crippen LogP contribution in [-0.2, 0) is 14.8 Å². The number of rotatable bonds is 4. The molecular weight excluding hydrogens is 378 g/mol. The number of ether oxygens (including phenoxy) is 1. The Balaban J connectivity index is 1.51. The Hall–Kier alpha value is -2.71. The number of methoxy groups -OCH3 is 1. The van der Waals surface area contributed by atoms with Gasteiger partial charge in [0.1, 0.15) is 17.1 Å². The molecule has 1 spiro atoms. The lowest BCUT2D eigenvalue weighted by molar-refractivity contribution is -0.115. The van der Waals surface area contributed by atoms with Gasteiger partial charge in [0.2, 0.25) is 10.0 Å². The molecule has 0 saturated carbocycles. The van der Waals surface area contributed by atoms with Gasteiger partial charge in [0, 0.05) is 31.5 Å². The smallest absolute Gasteiger partial charge is 0.272 e. The maximum Gasteiger partial charge on any atom is 0.272 e. The van der Waals surface area contributed by atoms with Crippen LogP contribution in [-0.4, -0.2) is 50.2 Å². The SMILES string of the molecule is COc1ccc(S(=O)(=O)N2CCC3(CC2)N=C(c2ccccc2)C(=O)N3)cc1. The fourth-order valence-corrected chi connectivity index (χ4v) is 5.03. The number of aliphatic imine (C=N–C) groups is 1.